The first kappa shape index (κ1) is 26.8. The molecule has 3 atom stereocenters. The second kappa shape index (κ2) is 13.3. The summed E-state index contributed by atoms with van der Waals surface area (Å²) in [6, 6.07) is 27.6. The molecule has 188 valence electrons. The van der Waals surface area contributed by atoms with Crippen LogP contribution >= 0.6 is 0 Å². The zero-order valence-corrected chi connectivity index (χ0v) is 20.3. The summed E-state index contributed by atoms with van der Waals surface area (Å²) in [5.41, 5.74) is 8.83. The quantitative estimate of drug-likeness (QED) is 0.230. The standard InChI is InChI=1S/C29H32N2O5/c1-21(32)17-26(33)31(19-23-13-7-3-8-14-23)28(30)27(34)25(18-22-11-5-2-6-12-22)29(35)36-20-24-15-9-4-10-16-24/h2-16,25,27-28,34H,17-20,30H2,1H3/t25-,27+,28?/m0/s1. The number of carbonyl (C=O) groups is 3. The summed E-state index contributed by atoms with van der Waals surface area (Å²) in [4.78, 5) is 39.1. The monoisotopic (exact) mass is 488 g/mol. The number of hydrogen-bond acceptors (Lipinski definition) is 6. The fourth-order valence-electron chi connectivity index (χ4n) is 3.92. The number of hydrogen-bond donors (Lipinski definition) is 2. The fourth-order valence-corrected chi connectivity index (χ4v) is 3.92. The number of nitrogens with zero attached hydrogens (tertiary/aromatic N) is 1. The Hall–Kier alpha value is -3.81. The molecule has 0 aliphatic carbocycles. The van der Waals surface area contributed by atoms with Crippen LogP contribution in [0.5, 0.6) is 0 Å². The smallest absolute Gasteiger partial charge is 0.312 e. The molecule has 3 N–H and O–H groups in total. The Labute approximate surface area is 211 Å². The van der Waals surface area contributed by atoms with Gasteiger partial charge in [-0.1, -0.05) is 91.0 Å². The van der Waals surface area contributed by atoms with E-state index in [1.54, 1.807) is 0 Å². The highest BCUT2D eigenvalue weighted by molar-refractivity contribution is 5.96. The number of nitrogens with two attached hydrogens (primary N) is 1. The average molecular weight is 489 g/mol. The van der Waals surface area contributed by atoms with Crippen molar-refractivity contribution in [2.75, 3.05) is 0 Å². The third kappa shape index (κ3) is 7.86. The molecule has 1 amide bonds. The second-order valence-corrected chi connectivity index (χ2v) is 8.76. The van der Waals surface area contributed by atoms with Gasteiger partial charge in [0.25, 0.3) is 0 Å². The van der Waals surface area contributed by atoms with Gasteiger partial charge in [-0.05, 0) is 30.0 Å². The van der Waals surface area contributed by atoms with Crippen molar-refractivity contribution in [3.05, 3.63) is 108 Å². The topological polar surface area (TPSA) is 110 Å². The normalized spacial score (nSPS) is 13.3. The number of ketones is 1. The zero-order valence-electron chi connectivity index (χ0n) is 20.3. The first-order valence-corrected chi connectivity index (χ1v) is 11.9. The zero-order chi connectivity index (χ0) is 25.9. The largest absolute Gasteiger partial charge is 0.461 e. The highest BCUT2D eigenvalue weighted by Gasteiger charge is 2.37. The molecule has 0 saturated carbocycles. The first-order chi connectivity index (χ1) is 17.3. The Bertz CT molecular complexity index is 1120. The molecule has 0 spiro atoms. The lowest BCUT2D eigenvalue weighted by Crippen LogP contribution is -2.56. The molecule has 0 bridgehead atoms. The Kier molecular flexibility index (Phi) is 9.92. The molecule has 36 heavy (non-hydrogen) atoms. The predicted octanol–water partition coefficient (Wildman–Crippen LogP) is 3.24. The molecule has 1 unspecified atom stereocenters. The maximum absolute atomic E-state index is 13.2. The number of esters is 1. The van der Waals surface area contributed by atoms with Crippen molar-refractivity contribution in [2.24, 2.45) is 11.7 Å². The van der Waals surface area contributed by atoms with E-state index in [-0.39, 0.29) is 31.8 Å². The molecule has 0 aliphatic rings. The van der Waals surface area contributed by atoms with E-state index in [0.29, 0.717) is 0 Å². The van der Waals surface area contributed by atoms with E-state index in [1.807, 2.05) is 91.0 Å². The minimum absolute atomic E-state index is 0.0456. The number of amides is 1. The van der Waals surface area contributed by atoms with Crippen molar-refractivity contribution in [3.63, 3.8) is 0 Å². The van der Waals surface area contributed by atoms with Crippen LogP contribution < -0.4 is 5.73 Å². The number of aliphatic hydroxyl groups excluding tert-OH is 1. The Morgan fingerprint density at radius 2 is 1.33 bits per heavy atom. The molecule has 3 rings (SSSR count). The SMILES string of the molecule is CC(=O)CC(=O)N(Cc1ccccc1)C(N)[C@H](O)[C@H](Cc1ccccc1)C(=O)OCc1ccccc1. The van der Waals surface area contributed by atoms with Crippen molar-refractivity contribution in [1.82, 2.24) is 4.90 Å². The summed E-state index contributed by atoms with van der Waals surface area (Å²) < 4.78 is 5.54. The molecule has 3 aromatic rings. The van der Waals surface area contributed by atoms with E-state index in [1.165, 1.54) is 11.8 Å². The van der Waals surface area contributed by atoms with Gasteiger partial charge in [-0.25, -0.2) is 0 Å². The molecule has 7 nitrogen and oxygen atoms in total. The van der Waals surface area contributed by atoms with E-state index < -0.39 is 30.1 Å². The fraction of sp³-hybridized carbons (Fsp3) is 0.276. The van der Waals surface area contributed by atoms with Gasteiger partial charge in [0.2, 0.25) is 5.91 Å². The van der Waals surface area contributed by atoms with Crippen LogP contribution in [0.3, 0.4) is 0 Å². The minimum Gasteiger partial charge on any atom is -0.461 e. The van der Waals surface area contributed by atoms with E-state index in [2.05, 4.69) is 0 Å². The van der Waals surface area contributed by atoms with E-state index in [4.69, 9.17) is 10.5 Å². The summed E-state index contributed by atoms with van der Waals surface area (Å²) in [6.07, 6.45) is -2.86. The molecule has 0 aliphatic heterocycles. The van der Waals surface area contributed by atoms with Crippen molar-refractivity contribution >= 4 is 17.7 Å². The van der Waals surface area contributed by atoms with Crippen molar-refractivity contribution in [1.29, 1.82) is 0 Å². The maximum atomic E-state index is 13.2. The summed E-state index contributed by atoms with van der Waals surface area (Å²) in [7, 11) is 0. The minimum atomic E-state index is -1.44. The Morgan fingerprint density at radius 3 is 1.86 bits per heavy atom. The molecular weight excluding hydrogens is 456 g/mol. The lowest BCUT2D eigenvalue weighted by Gasteiger charge is -2.35. The van der Waals surface area contributed by atoms with Crippen LogP contribution in [0.1, 0.15) is 30.0 Å². The van der Waals surface area contributed by atoms with E-state index in [0.717, 1.165) is 16.7 Å². The van der Waals surface area contributed by atoms with Gasteiger partial charge in [-0.3, -0.25) is 14.4 Å². The third-order valence-electron chi connectivity index (χ3n) is 5.86. The lowest BCUT2D eigenvalue weighted by atomic mass is 9.91. The van der Waals surface area contributed by atoms with Gasteiger partial charge in [-0.15, -0.1) is 0 Å². The van der Waals surface area contributed by atoms with Gasteiger partial charge in [0, 0.05) is 6.54 Å². The van der Waals surface area contributed by atoms with Crippen LogP contribution in [-0.2, 0) is 38.7 Å². The van der Waals surface area contributed by atoms with Gasteiger partial charge in [0.15, 0.2) is 0 Å². The number of Topliss-reactive ketones (excluding diaryl/α,β-unsaturated/α-hetero) is 1. The number of carbonyl (C=O) groups excluding carboxylic acids is 3. The highest BCUT2D eigenvalue weighted by atomic mass is 16.5. The van der Waals surface area contributed by atoms with Gasteiger partial charge >= 0.3 is 5.97 Å². The van der Waals surface area contributed by atoms with Crippen molar-refractivity contribution < 1.29 is 24.2 Å². The second-order valence-electron chi connectivity index (χ2n) is 8.76. The summed E-state index contributed by atoms with van der Waals surface area (Å²) in [6.45, 7) is 1.45. The third-order valence-corrected chi connectivity index (χ3v) is 5.86. The predicted molar refractivity (Wildman–Crippen MR) is 136 cm³/mol. The van der Waals surface area contributed by atoms with Crippen molar-refractivity contribution in [2.45, 2.75) is 45.2 Å². The molecule has 0 heterocycles. The highest BCUT2D eigenvalue weighted by Crippen LogP contribution is 2.21. The molecular formula is C29H32N2O5. The number of benzene rings is 3. The first-order valence-electron chi connectivity index (χ1n) is 11.9. The number of ether oxygens (including phenoxy) is 1. The summed E-state index contributed by atoms with van der Waals surface area (Å²) in [5.74, 6) is -2.49. The van der Waals surface area contributed by atoms with Gasteiger partial charge in [0.1, 0.15) is 24.7 Å². The van der Waals surface area contributed by atoms with E-state index >= 15 is 0 Å². The molecule has 0 saturated heterocycles. The van der Waals surface area contributed by atoms with Crippen LogP contribution in [0.2, 0.25) is 0 Å². The van der Waals surface area contributed by atoms with Gasteiger partial charge in [-0.2, -0.15) is 0 Å². The van der Waals surface area contributed by atoms with Gasteiger partial charge in [0.05, 0.1) is 12.3 Å². The summed E-state index contributed by atoms with van der Waals surface area (Å²) in [5, 5.41) is 11.3. The van der Waals surface area contributed by atoms with Crippen LogP contribution in [-0.4, -0.2) is 39.9 Å². The van der Waals surface area contributed by atoms with Crippen LogP contribution in [0.15, 0.2) is 91.0 Å². The molecule has 0 fully saturated rings. The van der Waals surface area contributed by atoms with Crippen LogP contribution in [0, 0.1) is 5.92 Å². The van der Waals surface area contributed by atoms with Crippen LogP contribution in [0.4, 0.5) is 0 Å². The Morgan fingerprint density at radius 1 is 0.833 bits per heavy atom. The molecule has 0 radical (unpaired) electrons. The Balaban J connectivity index is 1.84. The summed E-state index contributed by atoms with van der Waals surface area (Å²) >= 11 is 0. The average Bonchev–Trinajstić information content (AvgIpc) is 2.89. The lowest BCUT2D eigenvalue weighted by molar-refractivity contribution is -0.158. The molecule has 7 heteroatoms. The van der Waals surface area contributed by atoms with E-state index in [9.17, 15) is 19.5 Å². The number of rotatable bonds is 12. The maximum Gasteiger partial charge on any atom is 0.312 e. The number of aliphatic hydroxyl groups is 1. The molecule has 3 aromatic carbocycles. The van der Waals surface area contributed by atoms with Crippen LogP contribution in [0.25, 0.3) is 0 Å². The van der Waals surface area contributed by atoms with Gasteiger partial charge < -0.3 is 20.5 Å². The van der Waals surface area contributed by atoms with Crippen molar-refractivity contribution in [3.8, 4) is 0 Å². The molecule has 0 aromatic heterocycles.